The van der Waals surface area contributed by atoms with Gasteiger partial charge in [0.05, 0.1) is 0 Å². The molecule has 0 unspecified atom stereocenters. The number of hydrogen-bond acceptors (Lipinski definition) is 2. The SMILES string of the molecule is C=Cc1ccc(SC(C)(C)O[SiH](C)C)cc1. The van der Waals surface area contributed by atoms with E-state index < -0.39 is 9.04 Å². The molecule has 0 fully saturated rings. The zero-order valence-electron chi connectivity index (χ0n) is 10.5. The molecule has 0 aromatic heterocycles. The van der Waals surface area contributed by atoms with Gasteiger partial charge in [-0.15, -0.1) is 0 Å². The maximum atomic E-state index is 5.98. The van der Waals surface area contributed by atoms with Crippen LogP contribution < -0.4 is 0 Å². The molecular weight excluding hydrogens is 232 g/mol. The fourth-order valence-corrected chi connectivity index (χ4v) is 4.29. The van der Waals surface area contributed by atoms with Crippen LogP contribution in [0, 0.1) is 0 Å². The van der Waals surface area contributed by atoms with Crippen LogP contribution in [-0.4, -0.2) is 14.0 Å². The first-order valence-electron chi connectivity index (χ1n) is 5.52. The summed E-state index contributed by atoms with van der Waals surface area (Å²) >= 11 is 1.77. The van der Waals surface area contributed by atoms with Gasteiger partial charge in [-0.2, -0.15) is 0 Å². The highest BCUT2D eigenvalue weighted by atomic mass is 32.2. The van der Waals surface area contributed by atoms with Gasteiger partial charge in [-0.1, -0.05) is 36.5 Å². The van der Waals surface area contributed by atoms with Crippen molar-refractivity contribution in [1.29, 1.82) is 0 Å². The first-order chi connectivity index (χ1) is 7.43. The molecule has 0 atom stereocenters. The van der Waals surface area contributed by atoms with E-state index in [9.17, 15) is 0 Å². The number of benzene rings is 1. The van der Waals surface area contributed by atoms with Crippen molar-refractivity contribution >= 4 is 26.9 Å². The lowest BCUT2D eigenvalue weighted by Crippen LogP contribution is -2.26. The third kappa shape index (κ3) is 4.55. The van der Waals surface area contributed by atoms with Crippen molar-refractivity contribution in [3.05, 3.63) is 36.4 Å². The topological polar surface area (TPSA) is 9.23 Å². The molecule has 88 valence electrons. The number of thioether (sulfide) groups is 1. The summed E-state index contributed by atoms with van der Waals surface area (Å²) < 4.78 is 5.98. The first kappa shape index (κ1) is 13.6. The van der Waals surface area contributed by atoms with E-state index in [2.05, 4.69) is 57.8 Å². The number of rotatable bonds is 5. The molecule has 0 amide bonds. The van der Waals surface area contributed by atoms with Gasteiger partial charge in [-0.3, -0.25) is 0 Å². The molecule has 1 aromatic carbocycles. The highest BCUT2D eigenvalue weighted by Gasteiger charge is 2.21. The summed E-state index contributed by atoms with van der Waals surface area (Å²) in [6.07, 6.45) is 1.86. The minimum absolute atomic E-state index is 0.129. The molecule has 3 heteroatoms. The Morgan fingerprint density at radius 1 is 1.25 bits per heavy atom. The van der Waals surface area contributed by atoms with E-state index in [0.29, 0.717) is 0 Å². The first-order valence-corrected chi connectivity index (χ1v) is 9.12. The Labute approximate surface area is 105 Å². The highest BCUT2D eigenvalue weighted by Crippen LogP contribution is 2.33. The van der Waals surface area contributed by atoms with Crippen LogP contribution in [0.4, 0.5) is 0 Å². The molecule has 1 aromatic rings. The van der Waals surface area contributed by atoms with Crippen molar-refractivity contribution in [3.8, 4) is 0 Å². The van der Waals surface area contributed by atoms with E-state index >= 15 is 0 Å². The predicted molar refractivity (Wildman–Crippen MR) is 76.4 cm³/mol. The molecule has 0 aliphatic rings. The molecular formula is C13H20OSSi. The van der Waals surface area contributed by atoms with Gasteiger partial charge < -0.3 is 4.43 Å². The summed E-state index contributed by atoms with van der Waals surface area (Å²) in [4.78, 5) is 1.11. The van der Waals surface area contributed by atoms with Crippen LogP contribution in [0.2, 0.25) is 13.1 Å². The van der Waals surface area contributed by atoms with Crippen LogP contribution >= 0.6 is 11.8 Å². The van der Waals surface area contributed by atoms with Gasteiger partial charge in [0, 0.05) is 4.90 Å². The van der Waals surface area contributed by atoms with E-state index in [1.807, 2.05) is 6.08 Å². The second kappa shape index (κ2) is 5.71. The smallest absolute Gasteiger partial charge is 0.172 e. The van der Waals surface area contributed by atoms with Gasteiger partial charge in [-0.05, 0) is 44.6 Å². The minimum Gasteiger partial charge on any atom is -0.407 e. The lowest BCUT2D eigenvalue weighted by atomic mass is 10.2. The maximum Gasteiger partial charge on any atom is 0.172 e. The van der Waals surface area contributed by atoms with Crippen LogP contribution in [0.25, 0.3) is 6.08 Å². The van der Waals surface area contributed by atoms with Crippen LogP contribution in [0.15, 0.2) is 35.7 Å². The lowest BCUT2D eigenvalue weighted by molar-refractivity contribution is 0.210. The Bertz CT molecular complexity index is 343. The van der Waals surface area contributed by atoms with Crippen LogP contribution in [0.1, 0.15) is 19.4 Å². The van der Waals surface area contributed by atoms with Gasteiger partial charge in [0.2, 0.25) is 0 Å². The summed E-state index contributed by atoms with van der Waals surface area (Å²) in [6, 6.07) is 8.40. The molecule has 0 spiro atoms. The molecule has 0 heterocycles. The van der Waals surface area contributed by atoms with Crippen LogP contribution in [0.5, 0.6) is 0 Å². The zero-order chi connectivity index (χ0) is 12.2. The third-order valence-electron chi connectivity index (χ3n) is 2.00. The van der Waals surface area contributed by atoms with Gasteiger partial charge >= 0.3 is 0 Å². The van der Waals surface area contributed by atoms with E-state index in [0.717, 1.165) is 5.56 Å². The normalized spacial score (nSPS) is 11.8. The average Bonchev–Trinajstić information content (AvgIpc) is 2.16. The third-order valence-corrected chi connectivity index (χ3v) is 4.33. The Balaban J connectivity index is 2.68. The molecule has 1 nitrogen and oxygen atoms in total. The monoisotopic (exact) mass is 252 g/mol. The predicted octanol–water partition coefficient (Wildman–Crippen LogP) is 4.16. The molecule has 0 radical (unpaired) electrons. The van der Waals surface area contributed by atoms with E-state index in [1.54, 1.807) is 11.8 Å². The molecule has 0 saturated carbocycles. The highest BCUT2D eigenvalue weighted by molar-refractivity contribution is 8.00. The van der Waals surface area contributed by atoms with Gasteiger partial charge in [0.25, 0.3) is 0 Å². The van der Waals surface area contributed by atoms with Crippen molar-refractivity contribution in [2.45, 2.75) is 36.8 Å². The summed E-state index contributed by atoms with van der Waals surface area (Å²) in [5, 5.41) is 0. The quantitative estimate of drug-likeness (QED) is 0.442. The molecule has 1 rings (SSSR count). The van der Waals surface area contributed by atoms with Crippen molar-refractivity contribution < 1.29 is 4.43 Å². The van der Waals surface area contributed by atoms with Crippen molar-refractivity contribution in [2.75, 3.05) is 0 Å². The second-order valence-corrected chi connectivity index (χ2v) is 8.43. The molecule has 0 aliphatic carbocycles. The van der Waals surface area contributed by atoms with Gasteiger partial charge in [0.1, 0.15) is 4.93 Å². The van der Waals surface area contributed by atoms with Crippen molar-refractivity contribution in [2.24, 2.45) is 0 Å². The Kier molecular flexibility index (Phi) is 4.83. The Hall–Kier alpha value is -0.513. The minimum atomic E-state index is -0.990. The standard InChI is InChI=1S/C13H20OSSi/c1-6-11-7-9-12(10-8-11)15-13(2,3)14-16(4)5/h6-10,16H,1H2,2-5H3. The zero-order valence-corrected chi connectivity index (χ0v) is 12.5. The Morgan fingerprint density at radius 3 is 2.25 bits per heavy atom. The average molecular weight is 252 g/mol. The summed E-state index contributed by atoms with van der Waals surface area (Å²) in [6.45, 7) is 12.4. The summed E-state index contributed by atoms with van der Waals surface area (Å²) in [5.41, 5.74) is 1.15. The van der Waals surface area contributed by atoms with Gasteiger partial charge in [0.15, 0.2) is 9.04 Å². The fourth-order valence-electron chi connectivity index (χ4n) is 1.55. The molecule has 0 saturated heterocycles. The fraction of sp³-hybridized carbons (Fsp3) is 0.385. The van der Waals surface area contributed by atoms with E-state index in [-0.39, 0.29) is 4.93 Å². The summed E-state index contributed by atoms with van der Waals surface area (Å²) in [5.74, 6) is 0. The number of hydrogen-bond donors (Lipinski definition) is 0. The lowest BCUT2D eigenvalue weighted by Gasteiger charge is -2.27. The van der Waals surface area contributed by atoms with Gasteiger partial charge in [-0.25, -0.2) is 0 Å². The van der Waals surface area contributed by atoms with E-state index in [1.165, 1.54) is 4.90 Å². The Morgan fingerprint density at radius 2 is 1.81 bits per heavy atom. The second-order valence-electron chi connectivity index (χ2n) is 4.44. The van der Waals surface area contributed by atoms with Crippen LogP contribution in [-0.2, 0) is 4.43 Å². The van der Waals surface area contributed by atoms with Crippen molar-refractivity contribution in [3.63, 3.8) is 0 Å². The molecule has 0 N–H and O–H groups in total. The van der Waals surface area contributed by atoms with Crippen molar-refractivity contribution in [1.82, 2.24) is 0 Å². The summed E-state index contributed by atoms with van der Waals surface area (Å²) in [7, 11) is -0.990. The molecule has 0 aliphatic heterocycles. The largest absolute Gasteiger partial charge is 0.407 e. The van der Waals surface area contributed by atoms with E-state index in [4.69, 9.17) is 4.43 Å². The molecule has 16 heavy (non-hydrogen) atoms. The van der Waals surface area contributed by atoms with Crippen LogP contribution in [0.3, 0.4) is 0 Å². The maximum absolute atomic E-state index is 5.98. The molecule has 0 bridgehead atoms.